The third-order valence-electron chi connectivity index (χ3n) is 3.10. The topological polar surface area (TPSA) is 70.6 Å². The number of methoxy groups -OCH3 is 1. The number of ether oxygens (including phenoxy) is 1. The summed E-state index contributed by atoms with van der Waals surface area (Å²) in [5, 5.41) is 15.9. The lowest BCUT2D eigenvalue weighted by molar-refractivity contribution is 0.0950. The molecule has 1 aromatic carbocycles. The molecule has 1 aliphatic carbocycles. The summed E-state index contributed by atoms with van der Waals surface area (Å²) in [4.78, 5) is 11.8. The van der Waals surface area contributed by atoms with Gasteiger partial charge in [-0.2, -0.15) is 0 Å². The van der Waals surface area contributed by atoms with Crippen LogP contribution in [0.4, 0.5) is 0 Å². The lowest BCUT2D eigenvalue weighted by Crippen LogP contribution is -2.28. The quantitative estimate of drug-likeness (QED) is 0.649. The van der Waals surface area contributed by atoms with Crippen LogP contribution in [0.5, 0.6) is 11.5 Å². The number of nitrogens with one attached hydrogen (secondary N) is 2. The van der Waals surface area contributed by atoms with Crippen molar-refractivity contribution in [2.24, 2.45) is 0 Å². The van der Waals surface area contributed by atoms with Gasteiger partial charge in [-0.15, -0.1) is 0 Å². The number of amides is 1. The van der Waals surface area contributed by atoms with E-state index < -0.39 is 0 Å². The first-order valence-electron chi connectivity index (χ1n) is 6.59. The van der Waals surface area contributed by atoms with Crippen molar-refractivity contribution >= 4 is 5.91 Å². The van der Waals surface area contributed by atoms with Gasteiger partial charge in [-0.05, 0) is 37.9 Å². The third-order valence-corrected chi connectivity index (χ3v) is 3.10. The molecule has 1 fully saturated rings. The van der Waals surface area contributed by atoms with Gasteiger partial charge in [0.2, 0.25) is 0 Å². The molecule has 0 aliphatic heterocycles. The molecule has 0 spiro atoms. The lowest BCUT2D eigenvalue weighted by Gasteiger charge is -2.08. The summed E-state index contributed by atoms with van der Waals surface area (Å²) < 4.78 is 4.97. The number of hydrogen-bond acceptors (Lipinski definition) is 4. The fourth-order valence-electron chi connectivity index (χ4n) is 1.81. The zero-order valence-electron chi connectivity index (χ0n) is 11.1. The summed E-state index contributed by atoms with van der Waals surface area (Å²) in [6.07, 6.45) is 3.43. The Bertz CT molecular complexity index is 444. The molecule has 0 bridgehead atoms. The number of benzene rings is 1. The van der Waals surface area contributed by atoms with Gasteiger partial charge < -0.3 is 20.5 Å². The van der Waals surface area contributed by atoms with Crippen LogP contribution >= 0.6 is 0 Å². The molecule has 1 amide bonds. The zero-order valence-corrected chi connectivity index (χ0v) is 11.1. The van der Waals surface area contributed by atoms with E-state index in [-0.39, 0.29) is 17.2 Å². The molecule has 1 aromatic rings. The van der Waals surface area contributed by atoms with Crippen molar-refractivity contribution in [1.82, 2.24) is 10.6 Å². The molecule has 1 aliphatic rings. The zero-order chi connectivity index (χ0) is 13.7. The van der Waals surface area contributed by atoms with Crippen molar-refractivity contribution in [2.45, 2.75) is 25.3 Å². The molecule has 5 nitrogen and oxygen atoms in total. The Kier molecular flexibility index (Phi) is 4.63. The van der Waals surface area contributed by atoms with Gasteiger partial charge >= 0.3 is 0 Å². The summed E-state index contributed by atoms with van der Waals surface area (Å²) in [7, 11) is 1.52. The second-order valence-corrected chi connectivity index (χ2v) is 4.72. The van der Waals surface area contributed by atoms with Crippen LogP contribution in [-0.2, 0) is 0 Å². The Hall–Kier alpha value is -1.75. The second kappa shape index (κ2) is 6.43. The fourth-order valence-corrected chi connectivity index (χ4v) is 1.81. The van der Waals surface area contributed by atoms with Crippen LogP contribution in [0.1, 0.15) is 29.6 Å². The predicted octanol–water partition coefficient (Wildman–Crippen LogP) is 1.27. The van der Waals surface area contributed by atoms with Gasteiger partial charge in [-0.3, -0.25) is 4.79 Å². The number of rotatable bonds is 7. The molecule has 0 unspecified atom stereocenters. The maximum absolute atomic E-state index is 11.8. The molecule has 0 heterocycles. The number of phenolic OH excluding ortho intramolecular Hbond substituents is 1. The van der Waals surface area contributed by atoms with E-state index in [0.29, 0.717) is 18.3 Å². The summed E-state index contributed by atoms with van der Waals surface area (Å²) in [6, 6.07) is 5.35. The predicted molar refractivity (Wildman–Crippen MR) is 72.6 cm³/mol. The van der Waals surface area contributed by atoms with Crippen LogP contribution in [-0.4, -0.2) is 37.3 Å². The highest BCUT2D eigenvalue weighted by molar-refractivity contribution is 5.96. The first kappa shape index (κ1) is 13.7. The van der Waals surface area contributed by atoms with Crippen LogP contribution in [0.25, 0.3) is 0 Å². The molecule has 19 heavy (non-hydrogen) atoms. The largest absolute Gasteiger partial charge is 0.507 e. The van der Waals surface area contributed by atoms with E-state index in [1.165, 1.54) is 26.0 Å². The Morgan fingerprint density at radius 3 is 2.84 bits per heavy atom. The molecular weight excluding hydrogens is 244 g/mol. The Balaban J connectivity index is 1.75. The van der Waals surface area contributed by atoms with Gasteiger partial charge in [0.25, 0.3) is 5.91 Å². The highest BCUT2D eigenvalue weighted by Crippen LogP contribution is 2.23. The number of phenols is 1. The van der Waals surface area contributed by atoms with Gasteiger partial charge in [-0.1, -0.05) is 0 Å². The average Bonchev–Trinajstić information content (AvgIpc) is 3.22. The molecule has 0 radical (unpaired) electrons. The van der Waals surface area contributed by atoms with Crippen LogP contribution < -0.4 is 15.4 Å². The summed E-state index contributed by atoms with van der Waals surface area (Å²) in [6.45, 7) is 1.52. The van der Waals surface area contributed by atoms with Crippen LogP contribution in [0.2, 0.25) is 0 Å². The fraction of sp³-hybridized carbons (Fsp3) is 0.500. The minimum atomic E-state index is -0.258. The van der Waals surface area contributed by atoms with Gasteiger partial charge in [0.1, 0.15) is 11.5 Å². The van der Waals surface area contributed by atoms with Crippen molar-refractivity contribution < 1.29 is 14.6 Å². The molecule has 0 atom stereocenters. The van der Waals surface area contributed by atoms with Gasteiger partial charge in [0.15, 0.2) is 0 Å². The van der Waals surface area contributed by atoms with Crippen molar-refractivity contribution in [1.29, 1.82) is 0 Å². The van der Waals surface area contributed by atoms with E-state index in [4.69, 9.17) is 4.74 Å². The summed E-state index contributed by atoms with van der Waals surface area (Å²) in [5.74, 6) is 0.210. The standard InChI is InChI=1S/C14H20N2O3/c1-19-11-5-6-12(13(17)9-11)14(18)16-8-2-7-15-10-3-4-10/h5-6,9-10,15,17H,2-4,7-8H2,1H3,(H,16,18). The highest BCUT2D eigenvalue weighted by Gasteiger charge is 2.19. The Morgan fingerprint density at radius 1 is 1.42 bits per heavy atom. The van der Waals surface area contributed by atoms with Crippen LogP contribution in [0.3, 0.4) is 0 Å². The number of hydrogen-bond donors (Lipinski definition) is 3. The van der Waals surface area contributed by atoms with E-state index in [9.17, 15) is 9.90 Å². The van der Waals surface area contributed by atoms with Crippen molar-refractivity contribution in [3.8, 4) is 11.5 Å². The molecule has 2 rings (SSSR count). The molecule has 0 saturated heterocycles. The van der Waals surface area contributed by atoms with Crippen molar-refractivity contribution in [3.05, 3.63) is 23.8 Å². The number of aromatic hydroxyl groups is 1. The molecule has 3 N–H and O–H groups in total. The summed E-state index contributed by atoms with van der Waals surface area (Å²) >= 11 is 0. The number of carbonyl (C=O) groups excluding carboxylic acids is 1. The van der Waals surface area contributed by atoms with Gasteiger partial charge in [0.05, 0.1) is 12.7 Å². The van der Waals surface area contributed by atoms with Crippen LogP contribution in [0, 0.1) is 0 Å². The molecule has 104 valence electrons. The first-order valence-corrected chi connectivity index (χ1v) is 6.59. The number of carbonyl (C=O) groups is 1. The maximum atomic E-state index is 11.8. The highest BCUT2D eigenvalue weighted by atomic mass is 16.5. The minimum Gasteiger partial charge on any atom is -0.507 e. The van der Waals surface area contributed by atoms with Gasteiger partial charge in [0, 0.05) is 18.7 Å². The van der Waals surface area contributed by atoms with Crippen molar-refractivity contribution in [2.75, 3.05) is 20.2 Å². The van der Waals surface area contributed by atoms with Crippen molar-refractivity contribution in [3.63, 3.8) is 0 Å². The average molecular weight is 264 g/mol. The Morgan fingerprint density at radius 2 is 2.21 bits per heavy atom. The van der Waals surface area contributed by atoms with Gasteiger partial charge in [-0.25, -0.2) is 0 Å². The lowest BCUT2D eigenvalue weighted by atomic mass is 10.2. The minimum absolute atomic E-state index is 0.0621. The maximum Gasteiger partial charge on any atom is 0.255 e. The summed E-state index contributed by atoms with van der Waals surface area (Å²) in [5.41, 5.74) is 0.274. The Labute approximate surface area is 113 Å². The molecule has 5 heteroatoms. The third kappa shape index (κ3) is 4.13. The van der Waals surface area contributed by atoms with E-state index in [0.717, 1.165) is 13.0 Å². The molecular formula is C14H20N2O3. The molecule has 0 aromatic heterocycles. The normalized spacial score (nSPS) is 14.2. The second-order valence-electron chi connectivity index (χ2n) is 4.72. The van der Waals surface area contributed by atoms with E-state index in [2.05, 4.69) is 10.6 Å². The smallest absolute Gasteiger partial charge is 0.255 e. The van der Waals surface area contributed by atoms with E-state index >= 15 is 0 Å². The van der Waals surface area contributed by atoms with Crippen LogP contribution in [0.15, 0.2) is 18.2 Å². The molecule has 1 saturated carbocycles. The monoisotopic (exact) mass is 264 g/mol. The first-order chi connectivity index (χ1) is 9.20. The van der Waals surface area contributed by atoms with E-state index in [1.54, 1.807) is 12.1 Å². The SMILES string of the molecule is COc1ccc(C(=O)NCCCNC2CC2)c(O)c1. The van der Waals surface area contributed by atoms with E-state index in [1.807, 2.05) is 0 Å².